The van der Waals surface area contributed by atoms with Gasteiger partial charge in [0.05, 0.1) is 24.9 Å². The quantitative estimate of drug-likeness (QED) is 0.786. The van der Waals surface area contributed by atoms with Gasteiger partial charge in [0, 0.05) is 17.1 Å². The Morgan fingerprint density at radius 3 is 2.95 bits per heavy atom. The predicted molar refractivity (Wildman–Crippen MR) is 85.4 cm³/mol. The Balaban J connectivity index is 1.68. The Kier molecular flexibility index (Phi) is 4.19. The van der Waals surface area contributed by atoms with E-state index in [2.05, 4.69) is 29.4 Å². The minimum absolute atomic E-state index is 0.0322. The van der Waals surface area contributed by atoms with E-state index in [4.69, 9.17) is 4.42 Å². The Hall–Kier alpha value is -2.62. The van der Waals surface area contributed by atoms with Gasteiger partial charge >= 0.3 is 0 Å². The average molecular weight is 294 g/mol. The zero-order valence-corrected chi connectivity index (χ0v) is 12.5. The number of hydrogen-bond donors (Lipinski definition) is 1. The second kappa shape index (κ2) is 6.43. The van der Waals surface area contributed by atoms with Gasteiger partial charge in [-0.05, 0) is 36.2 Å². The molecule has 1 N–H and O–H groups in total. The minimum atomic E-state index is -0.0322. The summed E-state index contributed by atoms with van der Waals surface area (Å²) in [6, 6.07) is 11.8. The number of aromatic nitrogens is 1. The topological polar surface area (TPSA) is 55.1 Å². The van der Waals surface area contributed by atoms with Crippen LogP contribution in [0.1, 0.15) is 23.7 Å². The standard InChI is InChI=1S/C18H18N2O2/c1-2-13-6-7-17-16(9-13)14(12-22-17)10-18(21)20-11-15-5-3-4-8-19-15/h3-9,12H,2,10-11H2,1H3,(H,20,21). The average Bonchev–Trinajstić information content (AvgIpc) is 2.96. The summed E-state index contributed by atoms with van der Waals surface area (Å²) in [5.41, 5.74) is 3.83. The molecule has 4 nitrogen and oxygen atoms in total. The normalized spacial score (nSPS) is 10.8. The van der Waals surface area contributed by atoms with Crippen molar-refractivity contribution < 1.29 is 9.21 Å². The van der Waals surface area contributed by atoms with Crippen molar-refractivity contribution in [3.05, 3.63) is 65.7 Å². The number of carbonyl (C=O) groups excluding carboxylic acids is 1. The van der Waals surface area contributed by atoms with Crippen LogP contribution in [-0.2, 0) is 24.2 Å². The highest BCUT2D eigenvalue weighted by Gasteiger charge is 2.11. The first kappa shape index (κ1) is 14.3. The molecule has 0 aliphatic heterocycles. The number of rotatable bonds is 5. The van der Waals surface area contributed by atoms with E-state index in [1.54, 1.807) is 12.5 Å². The molecule has 112 valence electrons. The van der Waals surface area contributed by atoms with Crippen LogP contribution >= 0.6 is 0 Å². The Bertz CT molecular complexity index is 778. The first-order chi connectivity index (χ1) is 10.8. The van der Waals surface area contributed by atoms with Crippen molar-refractivity contribution >= 4 is 16.9 Å². The molecule has 2 aromatic heterocycles. The fourth-order valence-electron chi connectivity index (χ4n) is 2.41. The number of furan rings is 1. The summed E-state index contributed by atoms with van der Waals surface area (Å²) < 4.78 is 5.52. The number of benzene rings is 1. The molecule has 0 saturated heterocycles. The maximum absolute atomic E-state index is 12.1. The van der Waals surface area contributed by atoms with E-state index in [0.717, 1.165) is 28.6 Å². The van der Waals surface area contributed by atoms with Crippen LogP contribution in [0.5, 0.6) is 0 Å². The van der Waals surface area contributed by atoms with Gasteiger partial charge in [-0.2, -0.15) is 0 Å². The summed E-state index contributed by atoms with van der Waals surface area (Å²) >= 11 is 0. The van der Waals surface area contributed by atoms with Crippen molar-refractivity contribution in [2.24, 2.45) is 0 Å². The second-order valence-corrected chi connectivity index (χ2v) is 5.22. The number of aryl methyl sites for hydroxylation is 1. The van der Waals surface area contributed by atoms with Crippen LogP contribution < -0.4 is 5.32 Å². The molecule has 0 atom stereocenters. The van der Waals surface area contributed by atoms with Gasteiger partial charge in [-0.15, -0.1) is 0 Å². The minimum Gasteiger partial charge on any atom is -0.464 e. The van der Waals surface area contributed by atoms with Gasteiger partial charge in [-0.3, -0.25) is 9.78 Å². The lowest BCUT2D eigenvalue weighted by Crippen LogP contribution is -2.24. The molecule has 0 spiro atoms. The molecule has 0 bridgehead atoms. The van der Waals surface area contributed by atoms with Crippen molar-refractivity contribution in [1.82, 2.24) is 10.3 Å². The molecule has 0 unspecified atom stereocenters. The van der Waals surface area contributed by atoms with E-state index in [9.17, 15) is 4.79 Å². The number of carbonyl (C=O) groups is 1. The summed E-state index contributed by atoms with van der Waals surface area (Å²) in [5.74, 6) is -0.0322. The highest BCUT2D eigenvalue weighted by molar-refractivity contribution is 5.88. The first-order valence-corrected chi connectivity index (χ1v) is 7.42. The lowest BCUT2D eigenvalue weighted by Gasteiger charge is -2.04. The Morgan fingerprint density at radius 2 is 2.18 bits per heavy atom. The lowest BCUT2D eigenvalue weighted by molar-refractivity contribution is -0.120. The summed E-state index contributed by atoms with van der Waals surface area (Å²) in [7, 11) is 0. The Labute approximate surface area is 129 Å². The second-order valence-electron chi connectivity index (χ2n) is 5.22. The van der Waals surface area contributed by atoms with Crippen LogP contribution in [0.15, 0.2) is 53.3 Å². The molecule has 1 aromatic carbocycles. The summed E-state index contributed by atoms with van der Waals surface area (Å²) in [6.07, 6.45) is 4.67. The highest BCUT2D eigenvalue weighted by atomic mass is 16.3. The number of pyridine rings is 1. The Morgan fingerprint density at radius 1 is 1.27 bits per heavy atom. The largest absolute Gasteiger partial charge is 0.464 e. The molecular weight excluding hydrogens is 276 g/mol. The number of fused-ring (bicyclic) bond motifs is 1. The number of hydrogen-bond acceptors (Lipinski definition) is 3. The zero-order valence-electron chi connectivity index (χ0n) is 12.5. The van der Waals surface area contributed by atoms with E-state index in [1.165, 1.54) is 5.56 Å². The van der Waals surface area contributed by atoms with E-state index in [-0.39, 0.29) is 5.91 Å². The van der Waals surface area contributed by atoms with Crippen molar-refractivity contribution in [3.8, 4) is 0 Å². The maximum Gasteiger partial charge on any atom is 0.224 e. The van der Waals surface area contributed by atoms with Crippen LogP contribution in [-0.4, -0.2) is 10.9 Å². The van der Waals surface area contributed by atoms with Gasteiger partial charge in [-0.25, -0.2) is 0 Å². The maximum atomic E-state index is 12.1. The SMILES string of the molecule is CCc1ccc2occ(CC(=O)NCc3ccccn3)c2c1. The molecule has 0 radical (unpaired) electrons. The summed E-state index contributed by atoms with van der Waals surface area (Å²) in [5, 5.41) is 3.91. The van der Waals surface area contributed by atoms with Gasteiger partial charge in [0.1, 0.15) is 5.58 Å². The van der Waals surface area contributed by atoms with Crippen LogP contribution in [0.25, 0.3) is 11.0 Å². The van der Waals surface area contributed by atoms with Crippen molar-refractivity contribution in [2.45, 2.75) is 26.3 Å². The monoisotopic (exact) mass is 294 g/mol. The number of amides is 1. The molecule has 3 rings (SSSR count). The van der Waals surface area contributed by atoms with Crippen LogP contribution in [0, 0.1) is 0 Å². The molecule has 4 heteroatoms. The molecule has 0 saturated carbocycles. The van der Waals surface area contributed by atoms with E-state index >= 15 is 0 Å². The first-order valence-electron chi connectivity index (χ1n) is 7.42. The van der Waals surface area contributed by atoms with Gasteiger partial charge in [-0.1, -0.05) is 19.1 Å². The van der Waals surface area contributed by atoms with Crippen LogP contribution in [0.3, 0.4) is 0 Å². The predicted octanol–water partition coefficient (Wildman–Crippen LogP) is 3.25. The number of nitrogens with one attached hydrogen (secondary N) is 1. The third-order valence-corrected chi connectivity index (χ3v) is 3.67. The van der Waals surface area contributed by atoms with Crippen molar-refractivity contribution in [3.63, 3.8) is 0 Å². The molecule has 0 fully saturated rings. The fourth-order valence-corrected chi connectivity index (χ4v) is 2.41. The molecule has 1 amide bonds. The molecule has 3 aromatic rings. The van der Waals surface area contributed by atoms with E-state index < -0.39 is 0 Å². The van der Waals surface area contributed by atoms with E-state index in [1.807, 2.05) is 24.3 Å². The van der Waals surface area contributed by atoms with Crippen LogP contribution in [0.2, 0.25) is 0 Å². The third-order valence-electron chi connectivity index (χ3n) is 3.67. The lowest BCUT2D eigenvalue weighted by atomic mass is 10.1. The van der Waals surface area contributed by atoms with Gasteiger partial charge in [0.2, 0.25) is 5.91 Å². The molecular formula is C18H18N2O2. The van der Waals surface area contributed by atoms with Gasteiger partial charge in [0.25, 0.3) is 0 Å². The summed E-state index contributed by atoms with van der Waals surface area (Å²) in [6.45, 7) is 2.55. The smallest absolute Gasteiger partial charge is 0.224 e. The summed E-state index contributed by atoms with van der Waals surface area (Å²) in [4.78, 5) is 16.3. The molecule has 22 heavy (non-hydrogen) atoms. The fraction of sp³-hybridized carbons (Fsp3) is 0.222. The molecule has 2 heterocycles. The molecule has 0 aliphatic rings. The highest BCUT2D eigenvalue weighted by Crippen LogP contribution is 2.23. The zero-order chi connectivity index (χ0) is 15.4. The van der Waals surface area contributed by atoms with Crippen LogP contribution in [0.4, 0.5) is 0 Å². The van der Waals surface area contributed by atoms with Gasteiger partial charge in [0.15, 0.2) is 0 Å². The molecule has 0 aliphatic carbocycles. The van der Waals surface area contributed by atoms with E-state index in [0.29, 0.717) is 13.0 Å². The van der Waals surface area contributed by atoms with Gasteiger partial charge < -0.3 is 9.73 Å². The third kappa shape index (κ3) is 3.17. The van der Waals surface area contributed by atoms with Crippen molar-refractivity contribution in [1.29, 1.82) is 0 Å². The number of nitrogens with zero attached hydrogens (tertiary/aromatic N) is 1. The van der Waals surface area contributed by atoms with Crippen molar-refractivity contribution in [2.75, 3.05) is 0 Å².